The first-order valence-corrected chi connectivity index (χ1v) is 8.04. The number of carbonyl (C=O) groups is 1. The Hall–Kier alpha value is -2.34. The normalized spacial score (nSPS) is 26.4. The second-order valence-electron chi connectivity index (χ2n) is 6.43. The Balaban J connectivity index is 1.62. The molecule has 2 aliphatic rings. The van der Waals surface area contributed by atoms with E-state index in [-0.39, 0.29) is 23.9 Å². The summed E-state index contributed by atoms with van der Waals surface area (Å²) in [5.74, 6) is 0.970. The van der Waals surface area contributed by atoms with Gasteiger partial charge < -0.3 is 15.3 Å². The van der Waals surface area contributed by atoms with Gasteiger partial charge in [-0.2, -0.15) is 0 Å². The molecule has 0 saturated carbocycles. The first-order chi connectivity index (χ1) is 11.2. The van der Waals surface area contributed by atoms with Crippen LogP contribution in [0.15, 0.2) is 41.3 Å². The highest BCUT2D eigenvalue weighted by Gasteiger charge is 2.46. The van der Waals surface area contributed by atoms with Crippen LogP contribution >= 0.6 is 0 Å². The van der Waals surface area contributed by atoms with E-state index in [9.17, 15) is 9.59 Å². The lowest BCUT2D eigenvalue weighted by molar-refractivity contribution is -0.131. The van der Waals surface area contributed by atoms with Gasteiger partial charge in [0.25, 0.3) is 5.56 Å². The van der Waals surface area contributed by atoms with Crippen LogP contribution in [0.25, 0.3) is 0 Å². The molecule has 6 nitrogen and oxygen atoms in total. The molecule has 4 rings (SSSR count). The molecule has 0 radical (unpaired) electrons. The first-order valence-electron chi connectivity index (χ1n) is 8.04. The molecule has 2 aromatic rings. The lowest BCUT2D eigenvalue weighted by Gasteiger charge is -2.28. The average Bonchev–Trinajstić information content (AvgIpc) is 3.24. The number of H-pyrrole nitrogens is 2. The summed E-state index contributed by atoms with van der Waals surface area (Å²) in [5.41, 5.74) is 1.47. The maximum Gasteiger partial charge on any atom is 0.267 e. The minimum Gasteiger partial charge on any atom is -0.335 e. The molecule has 1 aromatic heterocycles. The Kier molecular flexibility index (Phi) is 3.53. The second kappa shape index (κ2) is 5.70. The zero-order valence-electron chi connectivity index (χ0n) is 12.8. The topological polar surface area (TPSA) is 81.0 Å². The number of carbonyl (C=O) groups excluding carboxylic acids is 1. The molecule has 3 N–H and O–H groups in total. The van der Waals surface area contributed by atoms with Crippen molar-refractivity contribution in [2.24, 2.45) is 11.8 Å². The Labute approximate surface area is 133 Å². The molecule has 23 heavy (non-hydrogen) atoms. The number of aromatic amines is 2. The molecular formula is C17H20N4O2. The lowest BCUT2D eigenvalue weighted by Crippen LogP contribution is -2.36. The van der Waals surface area contributed by atoms with Crippen molar-refractivity contribution >= 4 is 5.91 Å². The molecule has 2 fully saturated rings. The van der Waals surface area contributed by atoms with E-state index in [0.717, 1.165) is 19.6 Å². The van der Waals surface area contributed by atoms with E-state index >= 15 is 0 Å². The number of likely N-dealkylation sites (tertiary alicyclic amines) is 1. The van der Waals surface area contributed by atoms with Crippen molar-refractivity contribution in [1.82, 2.24) is 20.4 Å². The maximum atomic E-state index is 12.8. The lowest BCUT2D eigenvalue weighted by atomic mass is 9.89. The first kappa shape index (κ1) is 14.3. The zero-order valence-corrected chi connectivity index (χ0v) is 12.8. The highest BCUT2D eigenvalue weighted by molar-refractivity contribution is 5.79. The average molecular weight is 312 g/mol. The molecule has 1 amide bonds. The molecule has 2 aliphatic heterocycles. The van der Waals surface area contributed by atoms with Gasteiger partial charge in [-0.15, -0.1) is 0 Å². The van der Waals surface area contributed by atoms with Crippen molar-refractivity contribution in [1.29, 1.82) is 0 Å². The third-order valence-electron chi connectivity index (χ3n) is 5.09. The van der Waals surface area contributed by atoms with Crippen LogP contribution in [0.5, 0.6) is 0 Å². The number of amides is 1. The van der Waals surface area contributed by atoms with E-state index in [1.54, 1.807) is 6.20 Å². The summed E-state index contributed by atoms with van der Waals surface area (Å²) in [6.07, 6.45) is 1.73. The van der Waals surface area contributed by atoms with Gasteiger partial charge >= 0.3 is 0 Å². The molecule has 3 atom stereocenters. The second-order valence-corrected chi connectivity index (χ2v) is 6.43. The molecular weight excluding hydrogens is 292 g/mol. The van der Waals surface area contributed by atoms with Crippen LogP contribution in [0, 0.1) is 11.8 Å². The number of hydrogen-bond acceptors (Lipinski definition) is 3. The van der Waals surface area contributed by atoms with Crippen LogP contribution in [0.1, 0.15) is 17.2 Å². The number of rotatable bonds is 3. The quantitative estimate of drug-likeness (QED) is 0.779. The number of hydrogen-bond donors (Lipinski definition) is 3. The van der Waals surface area contributed by atoms with Gasteiger partial charge in [-0.1, -0.05) is 30.3 Å². The van der Waals surface area contributed by atoms with Gasteiger partial charge in [-0.25, -0.2) is 0 Å². The van der Waals surface area contributed by atoms with Crippen molar-refractivity contribution in [3.63, 3.8) is 0 Å². The summed E-state index contributed by atoms with van der Waals surface area (Å²) in [7, 11) is 0. The monoisotopic (exact) mass is 312 g/mol. The summed E-state index contributed by atoms with van der Waals surface area (Å²) in [6, 6.07) is 10.3. The Morgan fingerprint density at radius 3 is 2.78 bits per heavy atom. The summed E-state index contributed by atoms with van der Waals surface area (Å²) >= 11 is 0. The molecule has 0 unspecified atom stereocenters. The Morgan fingerprint density at radius 2 is 2.04 bits per heavy atom. The number of aromatic nitrogens is 2. The SMILES string of the molecule is O=C(Cc1c[nH][nH]c1=O)N1C[C@@H]2CNC[C@@H]2[C@H]1c1ccccc1. The smallest absolute Gasteiger partial charge is 0.267 e. The molecule has 0 spiro atoms. The minimum absolute atomic E-state index is 0.0263. The molecule has 3 heterocycles. The molecule has 120 valence electrons. The molecule has 0 bridgehead atoms. The number of benzene rings is 1. The maximum absolute atomic E-state index is 12.8. The number of nitrogens with zero attached hydrogens (tertiary/aromatic N) is 1. The highest BCUT2D eigenvalue weighted by atomic mass is 16.2. The van der Waals surface area contributed by atoms with Crippen molar-refractivity contribution < 1.29 is 4.79 Å². The fourth-order valence-corrected chi connectivity index (χ4v) is 3.98. The van der Waals surface area contributed by atoms with Crippen LogP contribution in [0.4, 0.5) is 0 Å². The van der Waals surface area contributed by atoms with Gasteiger partial charge in [0.2, 0.25) is 5.91 Å². The van der Waals surface area contributed by atoms with Crippen LogP contribution < -0.4 is 10.9 Å². The summed E-state index contributed by atoms with van der Waals surface area (Å²) in [5, 5.41) is 8.58. The van der Waals surface area contributed by atoms with Crippen molar-refractivity contribution in [2.75, 3.05) is 19.6 Å². The van der Waals surface area contributed by atoms with E-state index in [4.69, 9.17) is 0 Å². The number of fused-ring (bicyclic) bond motifs is 1. The highest BCUT2D eigenvalue weighted by Crippen LogP contribution is 2.42. The van der Waals surface area contributed by atoms with Crippen molar-refractivity contribution in [3.05, 3.63) is 58.0 Å². The van der Waals surface area contributed by atoms with Crippen LogP contribution in [-0.4, -0.2) is 40.6 Å². The minimum atomic E-state index is -0.212. The van der Waals surface area contributed by atoms with Gasteiger partial charge in [0.1, 0.15) is 0 Å². The third kappa shape index (κ3) is 2.49. The van der Waals surface area contributed by atoms with Crippen LogP contribution in [0.2, 0.25) is 0 Å². The zero-order chi connectivity index (χ0) is 15.8. The fourth-order valence-electron chi connectivity index (χ4n) is 3.98. The summed E-state index contributed by atoms with van der Waals surface area (Å²) < 4.78 is 0. The van der Waals surface area contributed by atoms with Gasteiger partial charge in [-0.3, -0.25) is 14.7 Å². The van der Waals surface area contributed by atoms with E-state index < -0.39 is 0 Å². The largest absolute Gasteiger partial charge is 0.335 e. The van der Waals surface area contributed by atoms with Gasteiger partial charge in [0.05, 0.1) is 12.5 Å². The molecule has 6 heteroatoms. The van der Waals surface area contributed by atoms with E-state index in [0.29, 0.717) is 17.4 Å². The van der Waals surface area contributed by atoms with Crippen molar-refractivity contribution in [2.45, 2.75) is 12.5 Å². The third-order valence-corrected chi connectivity index (χ3v) is 5.09. The van der Waals surface area contributed by atoms with E-state index in [1.165, 1.54) is 5.56 Å². The summed E-state index contributed by atoms with van der Waals surface area (Å²) in [6.45, 7) is 2.67. The Bertz CT molecular complexity index is 751. The molecule has 0 aliphatic carbocycles. The van der Waals surface area contributed by atoms with Crippen molar-refractivity contribution in [3.8, 4) is 0 Å². The predicted molar refractivity (Wildman–Crippen MR) is 85.9 cm³/mol. The standard InChI is InChI=1S/C17H20N4O2/c22-15(6-12-8-19-20-17(12)23)21-10-13-7-18-9-14(13)16(21)11-4-2-1-3-5-11/h1-5,8,13-14,16,18H,6-7,9-10H2,(H2,19,20,23)/t13-,14-,16+/m0/s1. The van der Waals surface area contributed by atoms with E-state index in [1.807, 2.05) is 23.1 Å². The van der Waals surface area contributed by atoms with Gasteiger partial charge in [-0.05, 0) is 11.5 Å². The fraction of sp³-hybridized carbons (Fsp3) is 0.412. The van der Waals surface area contributed by atoms with Crippen LogP contribution in [-0.2, 0) is 11.2 Å². The van der Waals surface area contributed by atoms with Gasteiger partial charge in [0, 0.05) is 37.3 Å². The van der Waals surface area contributed by atoms with Gasteiger partial charge in [0.15, 0.2) is 0 Å². The van der Waals surface area contributed by atoms with Crippen LogP contribution in [0.3, 0.4) is 0 Å². The Morgan fingerprint density at radius 1 is 1.22 bits per heavy atom. The summed E-state index contributed by atoms with van der Waals surface area (Å²) in [4.78, 5) is 26.4. The number of nitrogens with one attached hydrogen (secondary N) is 3. The molecule has 1 aromatic carbocycles. The predicted octanol–water partition coefficient (Wildman–Crippen LogP) is 0.665. The molecule has 2 saturated heterocycles. The van der Waals surface area contributed by atoms with E-state index in [2.05, 4.69) is 27.6 Å².